The molecule has 0 unspecified atom stereocenters. The number of benzene rings is 2. The molecule has 1 aliphatic rings. The minimum atomic E-state index is -3.86. The van der Waals surface area contributed by atoms with Crippen molar-refractivity contribution in [1.29, 1.82) is 0 Å². The molecule has 2 N–H and O–H groups in total. The average molecular weight is 473 g/mol. The fourth-order valence-corrected chi connectivity index (χ4v) is 5.11. The molecule has 3 aromatic rings. The Morgan fingerprint density at radius 3 is 2.52 bits per heavy atom. The lowest BCUT2D eigenvalue weighted by atomic mass is 10.1. The molecule has 1 aliphatic heterocycles. The predicted molar refractivity (Wildman–Crippen MR) is 121 cm³/mol. The van der Waals surface area contributed by atoms with Gasteiger partial charge in [0.05, 0.1) is 33.1 Å². The van der Waals surface area contributed by atoms with Crippen molar-refractivity contribution >= 4 is 21.7 Å². The maximum Gasteiger partial charge on any atom is 0.256 e. The quantitative estimate of drug-likeness (QED) is 0.541. The number of amides is 1. The van der Waals surface area contributed by atoms with Gasteiger partial charge in [-0.05, 0) is 30.3 Å². The lowest BCUT2D eigenvalue weighted by Crippen LogP contribution is -2.40. The van der Waals surface area contributed by atoms with E-state index in [0.717, 1.165) is 5.56 Å². The number of methoxy groups -OCH3 is 2. The Bertz CT molecular complexity index is 1250. The molecule has 0 aliphatic carbocycles. The Hall–Kier alpha value is -3.41. The van der Waals surface area contributed by atoms with Gasteiger partial charge in [-0.15, -0.1) is 0 Å². The molecule has 2 heterocycles. The summed E-state index contributed by atoms with van der Waals surface area (Å²) in [7, 11) is -0.902. The number of nitrogens with one attached hydrogen (secondary N) is 2. The number of carbonyl (C=O) groups is 1. The molecule has 0 atom stereocenters. The Morgan fingerprint density at radius 2 is 1.79 bits per heavy atom. The zero-order chi connectivity index (χ0) is 23.4. The summed E-state index contributed by atoms with van der Waals surface area (Å²) >= 11 is 0. The van der Waals surface area contributed by atoms with Crippen LogP contribution in [0.15, 0.2) is 53.4 Å². The zero-order valence-electron chi connectivity index (χ0n) is 18.2. The summed E-state index contributed by atoms with van der Waals surface area (Å²) in [6.45, 7) is 1.10. The van der Waals surface area contributed by atoms with Gasteiger partial charge in [0.2, 0.25) is 10.0 Å². The van der Waals surface area contributed by atoms with Crippen molar-refractivity contribution in [2.45, 2.75) is 4.90 Å². The molecule has 1 fully saturated rings. The molecule has 174 valence electrons. The summed E-state index contributed by atoms with van der Waals surface area (Å²) in [4.78, 5) is 12.8. The third kappa shape index (κ3) is 4.70. The number of rotatable bonds is 7. The molecule has 1 amide bonds. The number of hydrogen-bond donors (Lipinski definition) is 2. The van der Waals surface area contributed by atoms with Crippen molar-refractivity contribution in [3.8, 4) is 22.8 Å². The largest absolute Gasteiger partial charge is 0.496 e. The average Bonchev–Trinajstić information content (AvgIpc) is 3.32. The lowest BCUT2D eigenvalue weighted by molar-refractivity contribution is 0.0729. The summed E-state index contributed by atoms with van der Waals surface area (Å²) in [5.74, 6) is 0.604. The van der Waals surface area contributed by atoms with Crippen molar-refractivity contribution in [3.05, 3.63) is 54.1 Å². The van der Waals surface area contributed by atoms with Crippen LogP contribution in [0.3, 0.4) is 0 Å². The Labute approximate surface area is 191 Å². The van der Waals surface area contributed by atoms with Crippen molar-refractivity contribution in [2.24, 2.45) is 0 Å². The lowest BCUT2D eigenvalue weighted by Gasteiger charge is -2.26. The van der Waals surface area contributed by atoms with Gasteiger partial charge in [0.25, 0.3) is 5.91 Å². The highest BCUT2D eigenvalue weighted by Crippen LogP contribution is 2.30. The number of para-hydroxylation sites is 1. The maximum absolute atomic E-state index is 13.2. The van der Waals surface area contributed by atoms with Crippen LogP contribution in [0.2, 0.25) is 0 Å². The van der Waals surface area contributed by atoms with E-state index in [1.54, 1.807) is 13.2 Å². The van der Waals surface area contributed by atoms with Crippen molar-refractivity contribution < 1.29 is 27.4 Å². The summed E-state index contributed by atoms with van der Waals surface area (Å²) in [5.41, 5.74) is 1.61. The number of ether oxygens (including phenoxy) is 3. The van der Waals surface area contributed by atoms with Gasteiger partial charge in [-0.1, -0.05) is 12.1 Å². The van der Waals surface area contributed by atoms with Gasteiger partial charge in [0.15, 0.2) is 5.82 Å². The van der Waals surface area contributed by atoms with E-state index < -0.39 is 15.9 Å². The molecule has 0 spiro atoms. The first-order chi connectivity index (χ1) is 15.9. The van der Waals surface area contributed by atoms with E-state index in [0.29, 0.717) is 24.7 Å². The van der Waals surface area contributed by atoms with Crippen LogP contribution >= 0.6 is 0 Å². The van der Waals surface area contributed by atoms with Crippen LogP contribution in [0.25, 0.3) is 11.3 Å². The molecule has 0 saturated carbocycles. The van der Waals surface area contributed by atoms with Crippen molar-refractivity contribution in [2.75, 3.05) is 45.8 Å². The van der Waals surface area contributed by atoms with Crippen LogP contribution < -0.4 is 14.8 Å². The molecule has 0 bridgehead atoms. The number of aromatic amines is 1. The third-order valence-corrected chi connectivity index (χ3v) is 7.15. The first kappa shape index (κ1) is 22.8. The van der Waals surface area contributed by atoms with Gasteiger partial charge in [-0.3, -0.25) is 9.89 Å². The van der Waals surface area contributed by atoms with Crippen LogP contribution in [0.5, 0.6) is 11.5 Å². The molecule has 1 saturated heterocycles. The van der Waals surface area contributed by atoms with Crippen LogP contribution in [0.1, 0.15) is 10.4 Å². The highest BCUT2D eigenvalue weighted by Gasteiger charge is 2.30. The van der Waals surface area contributed by atoms with E-state index >= 15 is 0 Å². The van der Waals surface area contributed by atoms with E-state index in [1.807, 2.05) is 24.3 Å². The Balaban J connectivity index is 1.58. The third-order valence-electron chi connectivity index (χ3n) is 5.23. The van der Waals surface area contributed by atoms with Crippen molar-refractivity contribution in [1.82, 2.24) is 14.5 Å². The number of aromatic nitrogens is 2. The van der Waals surface area contributed by atoms with Gasteiger partial charge in [-0.25, -0.2) is 8.42 Å². The fourth-order valence-electron chi connectivity index (χ4n) is 3.52. The molecule has 33 heavy (non-hydrogen) atoms. The number of nitrogens with zero attached hydrogens (tertiary/aromatic N) is 2. The predicted octanol–water partition coefficient (Wildman–Crippen LogP) is 2.37. The molecule has 11 heteroatoms. The first-order valence-corrected chi connectivity index (χ1v) is 11.6. The number of sulfonamides is 1. The van der Waals surface area contributed by atoms with Gasteiger partial charge in [-0.2, -0.15) is 9.40 Å². The molecule has 4 rings (SSSR count). The van der Waals surface area contributed by atoms with Gasteiger partial charge < -0.3 is 19.5 Å². The second-order valence-electron chi connectivity index (χ2n) is 7.20. The first-order valence-electron chi connectivity index (χ1n) is 10.2. The van der Waals surface area contributed by atoms with E-state index in [-0.39, 0.29) is 35.1 Å². The fraction of sp³-hybridized carbons (Fsp3) is 0.273. The summed E-state index contributed by atoms with van der Waals surface area (Å²) in [6, 6.07) is 13.4. The van der Waals surface area contributed by atoms with Gasteiger partial charge in [0, 0.05) is 30.3 Å². The van der Waals surface area contributed by atoms with Crippen LogP contribution in [0.4, 0.5) is 5.82 Å². The van der Waals surface area contributed by atoms with Crippen LogP contribution in [-0.2, 0) is 14.8 Å². The number of carbonyl (C=O) groups excluding carboxylic acids is 1. The molecule has 0 radical (unpaired) electrons. The van der Waals surface area contributed by atoms with E-state index in [2.05, 4.69) is 15.5 Å². The maximum atomic E-state index is 13.2. The van der Waals surface area contributed by atoms with Crippen LogP contribution in [0, 0.1) is 0 Å². The highest BCUT2D eigenvalue weighted by molar-refractivity contribution is 7.89. The number of hydrogen-bond acceptors (Lipinski definition) is 7. The second kappa shape index (κ2) is 9.61. The van der Waals surface area contributed by atoms with Gasteiger partial charge >= 0.3 is 0 Å². The van der Waals surface area contributed by atoms with E-state index in [1.165, 1.54) is 29.6 Å². The number of anilines is 1. The molecule has 2 aromatic carbocycles. The Kier molecular flexibility index (Phi) is 6.63. The molecular weight excluding hydrogens is 448 g/mol. The molecular formula is C22H24N4O6S. The molecule has 10 nitrogen and oxygen atoms in total. The normalized spacial score (nSPS) is 14.6. The zero-order valence-corrected chi connectivity index (χ0v) is 19.0. The van der Waals surface area contributed by atoms with Crippen LogP contribution in [-0.4, -0.2) is 69.4 Å². The minimum absolute atomic E-state index is 0.0729. The highest BCUT2D eigenvalue weighted by atomic mass is 32.2. The number of H-pyrrole nitrogens is 1. The topological polar surface area (TPSA) is 123 Å². The van der Waals surface area contributed by atoms with E-state index in [9.17, 15) is 13.2 Å². The summed E-state index contributed by atoms with van der Waals surface area (Å²) < 4.78 is 43.5. The number of morpholine rings is 1. The smallest absolute Gasteiger partial charge is 0.256 e. The summed E-state index contributed by atoms with van der Waals surface area (Å²) in [6.07, 6.45) is 0. The van der Waals surface area contributed by atoms with Crippen molar-refractivity contribution in [3.63, 3.8) is 0 Å². The monoisotopic (exact) mass is 472 g/mol. The van der Waals surface area contributed by atoms with Gasteiger partial charge in [0.1, 0.15) is 16.4 Å². The standard InChI is InChI=1S/C22H24N4O6S/c1-30-18-6-4-3-5-16(18)17-14-21(25-24-17)23-22(27)15-7-8-19(31-2)20(13-15)33(28,29)26-9-11-32-12-10-26/h3-8,13-14H,9-12H2,1-2H3,(H2,23,24,25,27). The minimum Gasteiger partial charge on any atom is -0.496 e. The SMILES string of the molecule is COc1ccccc1-c1cc(NC(=O)c2ccc(OC)c(S(=O)(=O)N3CCOCC3)c2)n[nH]1. The summed E-state index contributed by atoms with van der Waals surface area (Å²) in [5, 5.41) is 9.70. The van der Waals surface area contributed by atoms with E-state index in [4.69, 9.17) is 14.2 Å². The Morgan fingerprint density at radius 1 is 1.06 bits per heavy atom. The second-order valence-corrected chi connectivity index (χ2v) is 9.11. The molecule has 1 aromatic heterocycles.